The lowest BCUT2D eigenvalue weighted by atomic mass is 10.0. The van der Waals surface area contributed by atoms with Crippen molar-refractivity contribution in [3.63, 3.8) is 0 Å². The third-order valence-electron chi connectivity index (χ3n) is 2.79. The molecule has 0 aliphatic heterocycles. The van der Waals surface area contributed by atoms with Crippen molar-refractivity contribution in [2.45, 2.75) is 25.6 Å². The zero-order valence-electron chi connectivity index (χ0n) is 10.8. The minimum atomic E-state index is -4.23. The third-order valence-corrected chi connectivity index (χ3v) is 3.03. The summed E-state index contributed by atoms with van der Waals surface area (Å²) in [5, 5.41) is 0.499. The molecule has 2 nitrogen and oxygen atoms in total. The van der Waals surface area contributed by atoms with E-state index in [0.717, 1.165) is 0 Å². The van der Waals surface area contributed by atoms with Gasteiger partial charge in [-0.3, -0.25) is 4.90 Å². The molecule has 1 aromatic rings. The number of nitrogens with zero attached hydrogens (tertiary/aromatic N) is 1. The first-order valence-electron chi connectivity index (χ1n) is 6.13. The summed E-state index contributed by atoms with van der Waals surface area (Å²) in [5.74, 6) is 0. The molecular weight excluding hydrogens is 277 g/mol. The van der Waals surface area contributed by atoms with Crippen molar-refractivity contribution in [3.05, 3.63) is 34.9 Å². The van der Waals surface area contributed by atoms with Gasteiger partial charge in [0.15, 0.2) is 0 Å². The molecule has 0 saturated heterocycles. The molecule has 0 fully saturated rings. The highest BCUT2D eigenvalue weighted by Crippen LogP contribution is 2.26. The van der Waals surface area contributed by atoms with Crippen molar-refractivity contribution in [2.24, 2.45) is 5.73 Å². The van der Waals surface area contributed by atoms with Crippen LogP contribution in [0.4, 0.5) is 13.2 Å². The van der Waals surface area contributed by atoms with Crippen LogP contribution in [0, 0.1) is 0 Å². The normalized spacial score (nSPS) is 13.8. The van der Waals surface area contributed by atoms with Gasteiger partial charge in [-0.2, -0.15) is 13.2 Å². The smallest absolute Gasteiger partial charge is 0.329 e. The topological polar surface area (TPSA) is 29.3 Å². The van der Waals surface area contributed by atoms with Crippen LogP contribution in [-0.4, -0.2) is 30.7 Å². The molecule has 1 rings (SSSR count). The van der Waals surface area contributed by atoms with Gasteiger partial charge in [-0.05, 0) is 30.7 Å². The second-order valence-corrected chi connectivity index (χ2v) is 4.83. The summed E-state index contributed by atoms with van der Waals surface area (Å²) in [6.07, 6.45) is -3.60. The van der Waals surface area contributed by atoms with Gasteiger partial charge < -0.3 is 5.73 Å². The summed E-state index contributed by atoms with van der Waals surface area (Å²) in [4.78, 5) is 1.35. The Morgan fingerprint density at radius 3 is 2.53 bits per heavy atom. The zero-order chi connectivity index (χ0) is 14.5. The van der Waals surface area contributed by atoms with Gasteiger partial charge in [0, 0.05) is 17.6 Å². The van der Waals surface area contributed by atoms with E-state index < -0.39 is 18.8 Å². The van der Waals surface area contributed by atoms with Crippen LogP contribution in [0.1, 0.15) is 24.9 Å². The summed E-state index contributed by atoms with van der Waals surface area (Å²) < 4.78 is 37.8. The molecule has 0 saturated carbocycles. The van der Waals surface area contributed by atoms with Crippen LogP contribution in [0.15, 0.2) is 24.3 Å². The van der Waals surface area contributed by atoms with E-state index in [1.165, 1.54) is 4.90 Å². The summed E-state index contributed by atoms with van der Waals surface area (Å²) >= 11 is 5.88. The summed E-state index contributed by atoms with van der Waals surface area (Å²) in [6.45, 7) is 1.34. The van der Waals surface area contributed by atoms with Crippen molar-refractivity contribution in [2.75, 3.05) is 19.6 Å². The molecule has 0 heterocycles. The summed E-state index contributed by atoms with van der Waals surface area (Å²) in [7, 11) is 0. The van der Waals surface area contributed by atoms with Crippen LogP contribution >= 0.6 is 11.6 Å². The van der Waals surface area contributed by atoms with Crippen molar-refractivity contribution >= 4 is 11.6 Å². The van der Waals surface area contributed by atoms with Crippen LogP contribution in [0.2, 0.25) is 5.02 Å². The van der Waals surface area contributed by atoms with E-state index in [-0.39, 0.29) is 6.54 Å². The predicted molar refractivity (Wildman–Crippen MR) is 71.2 cm³/mol. The number of hydrogen-bond acceptors (Lipinski definition) is 2. The standard InChI is InChI=1S/C13H18ClF3N2/c1-2-6-19(9-13(15,16)17)12(8-18)10-4-3-5-11(14)7-10/h3-5,7,12H,2,6,8-9,18H2,1H3. The van der Waals surface area contributed by atoms with Crippen LogP contribution < -0.4 is 5.73 Å². The molecule has 1 unspecified atom stereocenters. The number of rotatable bonds is 6. The maximum atomic E-state index is 12.6. The fourth-order valence-electron chi connectivity index (χ4n) is 2.07. The maximum Gasteiger partial charge on any atom is 0.401 e. The van der Waals surface area contributed by atoms with E-state index in [0.29, 0.717) is 23.6 Å². The SMILES string of the molecule is CCCN(CC(F)(F)F)C(CN)c1cccc(Cl)c1. The van der Waals surface area contributed by atoms with Gasteiger partial charge in [-0.15, -0.1) is 0 Å². The minimum Gasteiger partial charge on any atom is -0.329 e. The molecular formula is C13H18ClF3N2. The molecule has 0 aliphatic rings. The highest BCUT2D eigenvalue weighted by Gasteiger charge is 2.33. The Kier molecular flexibility index (Phi) is 6.10. The predicted octanol–water partition coefficient (Wildman–Crippen LogP) is 3.61. The quantitative estimate of drug-likeness (QED) is 0.868. The average molecular weight is 295 g/mol. The lowest BCUT2D eigenvalue weighted by molar-refractivity contribution is -0.150. The molecule has 0 spiro atoms. The minimum absolute atomic E-state index is 0.121. The van der Waals surface area contributed by atoms with Gasteiger partial charge in [0.05, 0.1) is 6.54 Å². The van der Waals surface area contributed by atoms with Gasteiger partial charge in [-0.25, -0.2) is 0 Å². The third kappa shape index (κ3) is 5.38. The lowest BCUT2D eigenvalue weighted by Gasteiger charge is -2.31. The first-order valence-corrected chi connectivity index (χ1v) is 6.51. The largest absolute Gasteiger partial charge is 0.401 e. The van der Waals surface area contributed by atoms with Gasteiger partial charge >= 0.3 is 6.18 Å². The number of nitrogens with two attached hydrogens (primary N) is 1. The first-order chi connectivity index (χ1) is 8.87. The number of halogens is 4. The van der Waals surface area contributed by atoms with E-state index >= 15 is 0 Å². The molecule has 6 heteroatoms. The lowest BCUT2D eigenvalue weighted by Crippen LogP contribution is -2.40. The Bertz CT molecular complexity index is 396. The Morgan fingerprint density at radius 2 is 2.05 bits per heavy atom. The highest BCUT2D eigenvalue weighted by molar-refractivity contribution is 6.30. The Labute approximate surface area is 116 Å². The van der Waals surface area contributed by atoms with Crippen molar-refractivity contribution < 1.29 is 13.2 Å². The fraction of sp³-hybridized carbons (Fsp3) is 0.538. The molecule has 19 heavy (non-hydrogen) atoms. The van der Waals surface area contributed by atoms with Crippen LogP contribution in [0.5, 0.6) is 0 Å². The Balaban J connectivity index is 2.96. The molecule has 108 valence electrons. The van der Waals surface area contributed by atoms with Gasteiger partial charge in [0.1, 0.15) is 0 Å². The van der Waals surface area contributed by atoms with E-state index in [1.54, 1.807) is 24.3 Å². The Hall–Kier alpha value is -0.780. The molecule has 0 aliphatic carbocycles. The summed E-state index contributed by atoms with van der Waals surface area (Å²) in [6, 6.07) is 6.35. The average Bonchev–Trinajstić information content (AvgIpc) is 2.28. The number of hydrogen-bond donors (Lipinski definition) is 1. The van der Waals surface area contributed by atoms with E-state index in [2.05, 4.69) is 0 Å². The first kappa shape index (κ1) is 16.3. The number of alkyl halides is 3. The van der Waals surface area contributed by atoms with Gasteiger partial charge in [-0.1, -0.05) is 30.7 Å². The second kappa shape index (κ2) is 7.12. The van der Waals surface area contributed by atoms with Crippen LogP contribution in [0.3, 0.4) is 0 Å². The van der Waals surface area contributed by atoms with E-state index in [9.17, 15) is 13.2 Å². The molecule has 0 radical (unpaired) electrons. The van der Waals surface area contributed by atoms with Gasteiger partial charge in [0.2, 0.25) is 0 Å². The zero-order valence-corrected chi connectivity index (χ0v) is 11.5. The molecule has 2 N–H and O–H groups in total. The monoisotopic (exact) mass is 294 g/mol. The molecule has 0 aromatic heterocycles. The molecule has 0 bridgehead atoms. The molecule has 0 amide bonds. The fourth-order valence-corrected chi connectivity index (χ4v) is 2.27. The van der Waals surface area contributed by atoms with E-state index in [1.807, 2.05) is 6.92 Å². The maximum absolute atomic E-state index is 12.6. The molecule has 1 atom stereocenters. The van der Waals surface area contributed by atoms with E-state index in [4.69, 9.17) is 17.3 Å². The Morgan fingerprint density at radius 1 is 1.37 bits per heavy atom. The van der Waals surface area contributed by atoms with Crippen LogP contribution in [0.25, 0.3) is 0 Å². The van der Waals surface area contributed by atoms with Crippen molar-refractivity contribution in [3.8, 4) is 0 Å². The van der Waals surface area contributed by atoms with Crippen molar-refractivity contribution in [1.29, 1.82) is 0 Å². The van der Waals surface area contributed by atoms with Crippen LogP contribution in [-0.2, 0) is 0 Å². The number of benzene rings is 1. The highest BCUT2D eigenvalue weighted by atomic mass is 35.5. The van der Waals surface area contributed by atoms with Gasteiger partial charge in [0.25, 0.3) is 0 Å². The summed E-state index contributed by atoms with van der Waals surface area (Å²) in [5.41, 5.74) is 6.37. The second-order valence-electron chi connectivity index (χ2n) is 4.39. The van der Waals surface area contributed by atoms with Crippen molar-refractivity contribution in [1.82, 2.24) is 4.90 Å². The molecule has 1 aromatic carbocycles.